The molecule has 1 unspecified atom stereocenters. The quantitative estimate of drug-likeness (QED) is 0.614. The van der Waals surface area contributed by atoms with Crippen LogP contribution in [0, 0.1) is 11.3 Å². The predicted octanol–water partition coefficient (Wildman–Crippen LogP) is 3.00. The monoisotopic (exact) mass is 311 g/mol. The van der Waals surface area contributed by atoms with Gasteiger partial charge in [0.05, 0.1) is 0 Å². The third-order valence-corrected chi connectivity index (χ3v) is 2.45. The molecule has 84 valence electrons. The highest BCUT2D eigenvalue weighted by atomic mass is 127. The number of rotatable bonds is 5. The van der Waals surface area contributed by atoms with E-state index < -0.39 is 0 Å². The zero-order valence-corrected chi connectivity index (χ0v) is 11.8. The first kappa shape index (κ1) is 14.2. The van der Waals surface area contributed by atoms with Crippen LogP contribution in [0.25, 0.3) is 0 Å². The molecule has 0 aliphatic rings. The van der Waals surface area contributed by atoms with Gasteiger partial charge in [-0.1, -0.05) is 50.3 Å². The van der Waals surface area contributed by atoms with Crippen molar-refractivity contribution in [1.82, 2.24) is 5.32 Å². The van der Waals surface area contributed by atoms with E-state index in [1.54, 1.807) is 0 Å². The van der Waals surface area contributed by atoms with Crippen molar-refractivity contribution < 1.29 is 4.79 Å². The molecule has 0 aromatic rings. The van der Waals surface area contributed by atoms with Gasteiger partial charge >= 0.3 is 0 Å². The average Bonchev–Trinajstić information content (AvgIpc) is 1.96. The van der Waals surface area contributed by atoms with Gasteiger partial charge in [0.1, 0.15) is 0 Å². The van der Waals surface area contributed by atoms with Gasteiger partial charge in [-0.15, -0.1) is 0 Å². The fourth-order valence-electron chi connectivity index (χ4n) is 1.69. The third-order valence-electron chi connectivity index (χ3n) is 1.91. The van der Waals surface area contributed by atoms with E-state index in [1.807, 2.05) is 0 Å². The zero-order chi connectivity index (χ0) is 11.2. The summed E-state index contributed by atoms with van der Waals surface area (Å²) < 4.78 is 0.983. The normalized spacial score (nSPS) is 13.8. The van der Waals surface area contributed by atoms with Crippen molar-refractivity contribution >= 4 is 28.5 Å². The molecular weight excluding hydrogens is 289 g/mol. The second-order valence-corrected chi connectivity index (χ2v) is 6.19. The molecule has 0 aromatic carbocycles. The van der Waals surface area contributed by atoms with Crippen molar-refractivity contribution in [3.05, 3.63) is 0 Å². The molecule has 0 heterocycles. The number of carbonyl (C=O) groups is 1. The Morgan fingerprint density at radius 2 is 2.00 bits per heavy atom. The maximum Gasteiger partial charge on any atom is 0.220 e. The molecule has 0 fully saturated rings. The summed E-state index contributed by atoms with van der Waals surface area (Å²) in [5.74, 6) is 0.669. The Labute approximate surface area is 101 Å². The van der Waals surface area contributed by atoms with E-state index in [4.69, 9.17) is 0 Å². The number of alkyl halides is 1. The molecule has 2 nitrogen and oxygen atoms in total. The Bertz CT molecular complexity index is 175. The molecule has 0 aliphatic carbocycles. The molecular formula is C11H22INO. The lowest BCUT2D eigenvalue weighted by atomic mass is 9.84. The van der Waals surface area contributed by atoms with E-state index in [9.17, 15) is 4.79 Å². The van der Waals surface area contributed by atoms with Crippen molar-refractivity contribution in [2.75, 3.05) is 11.0 Å². The maximum absolute atomic E-state index is 11.4. The van der Waals surface area contributed by atoms with Crippen molar-refractivity contribution in [3.8, 4) is 0 Å². The summed E-state index contributed by atoms with van der Waals surface area (Å²) in [7, 11) is 0. The molecule has 0 spiro atoms. The summed E-state index contributed by atoms with van der Waals surface area (Å²) in [5.41, 5.74) is 0.322. The van der Waals surface area contributed by atoms with Gasteiger partial charge in [-0.25, -0.2) is 0 Å². The van der Waals surface area contributed by atoms with Crippen molar-refractivity contribution in [1.29, 1.82) is 0 Å². The van der Waals surface area contributed by atoms with Crippen LogP contribution >= 0.6 is 22.6 Å². The molecule has 0 saturated heterocycles. The molecule has 0 radical (unpaired) electrons. The SMILES string of the molecule is CC(CC(=O)NCCI)CC(C)(C)C. The van der Waals surface area contributed by atoms with Crippen LogP contribution in [0.1, 0.15) is 40.5 Å². The summed E-state index contributed by atoms with van der Waals surface area (Å²) in [6.45, 7) is 9.58. The number of nitrogens with one attached hydrogen (secondary N) is 1. The smallest absolute Gasteiger partial charge is 0.220 e. The summed E-state index contributed by atoms with van der Waals surface area (Å²) >= 11 is 2.26. The minimum atomic E-state index is 0.193. The van der Waals surface area contributed by atoms with E-state index in [-0.39, 0.29) is 5.91 Å². The number of hydrogen-bond acceptors (Lipinski definition) is 1. The first-order valence-corrected chi connectivity index (χ1v) is 6.70. The van der Waals surface area contributed by atoms with Crippen LogP contribution in [-0.2, 0) is 4.79 Å². The summed E-state index contributed by atoms with van der Waals surface area (Å²) in [4.78, 5) is 11.4. The molecule has 1 amide bonds. The second kappa shape index (κ2) is 6.64. The molecule has 1 atom stereocenters. The Morgan fingerprint density at radius 1 is 1.43 bits per heavy atom. The van der Waals surface area contributed by atoms with Crippen LogP contribution in [0.4, 0.5) is 0 Å². The van der Waals surface area contributed by atoms with Gasteiger partial charge in [0, 0.05) is 17.4 Å². The second-order valence-electron chi connectivity index (χ2n) is 5.11. The van der Waals surface area contributed by atoms with E-state index in [0.29, 0.717) is 17.8 Å². The van der Waals surface area contributed by atoms with Gasteiger partial charge in [0.25, 0.3) is 0 Å². The lowest BCUT2D eigenvalue weighted by Crippen LogP contribution is -2.27. The van der Waals surface area contributed by atoms with Gasteiger partial charge < -0.3 is 5.32 Å². The van der Waals surface area contributed by atoms with Gasteiger partial charge in [-0.3, -0.25) is 4.79 Å². The first-order chi connectivity index (χ1) is 6.35. The molecule has 1 N–H and O–H groups in total. The maximum atomic E-state index is 11.4. The molecule has 0 bridgehead atoms. The highest BCUT2D eigenvalue weighted by Crippen LogP contribution is 2.25. The van der Waals surface area contributed by atoms with Crippen molar-refractivity contribution in [2.24, 2.45) is 11.3 Å². The number of hydrogen-bond donors (Lipinski definition) is 1. The van der Waals surface area contributed by atoms with Gasteiger partial charge in [-0.2, -0.15) is 0 Å². The number of amides is 1. The Hall–Kier alpha value is 0.200. The molecule has 14 heavy (non-hydrogen) atoms. The van der Waals surface area contributed by atoms with Crippen molar-refractivity contribution in [2.45, 2.75) is 40.5 Å². The van der Waals surface area contributed by atoms with Crippen LogP contribution in [0.5, 0.6) is 0 Å². The number of halogens is 1. The van der Waals surface area contributed by atoms with E-state index in [0.717, 1.165) is 17.4 Å². The van der Waals surface area contributed by atoms with Crippen LogP contribution in [0.15, 0.2) is 0 Å². The molecule has 0 aromatic heterocycles. The Kier molecular flexibility index (Phi) is 6.74. The minimum Gasteiger partial charge on any atom is -0.355 e. The molecule has 0 aliphatic heterocycles. The third kappa shape index (κ3) is 8.78. The van der Waals surface area contributed by atoms with Crippen LogP contribution < -0.4 is 5.32 Å². The van der Waals surface area contributed by atoms with Crippen LogP contribution in [-0.4, -0.2) is 16.9 Å². The van der Waals surface area contributed by atoms with Crippen LogP contribution in [0.2, 0.25) is 0 Å². The fourth-order valence-corrected chi connectivity index (χ4v) is 1.96. The molecule has 0 rings (SSSR count). The van der Waals surface area contributed by atoms with Gasteiger partial charge in [0.15, 0.2) is 0 Å². The van der Waals surface area contributed by atoms with E-state index in [1.165, 1.54) is 0 Å². The van der Waals surface area contributed by atoms with E-state index in [2.05, 4.69) is 55.6 Å². The lowest BCUT2D eigenvalue weighted by Gasteiger charge is -2.22. The fraction of sp³-hybridized carbons (Fsp3) is 0.909. The lowest BCUT2D eigenvalue weighted by molar-refractivity contribution is -0.121. The first-order valence-electron chi connectivity index (χ1n) is 5.18. The van der Waals surface area contributed by atoms with E-state index >= 15 is 0 Å². The highest BCUT2D eigenvalue weighted by Gasteiger charge is 2.17. The van der Waals surface area contributed by atoms with Crippen LogP contribution in [0.3, 0.4) is 0 Å². The summed E-state index contributed by atoms with van der Waals surface area (Å²) in [5, 5.41) is 2.90. The predicted molar refractivity (Wildman–Crippen MR) is 69.7 cm³/mol. The summed E-state index contributed by atoms with van der Waals surface area (Å²) in [6.07, 6.45) is 1.76. The van der Waals surface area contributed by atoms with Crippen molar-refractivity contribution in [3.63, 3.8) is 0 Å². The molecule has 0 saturated carbocycles. The standard InChI is InChI=1S/C11H22INO/c1-9(8-11(2,3)4)7-10(14)13-6-5-12/h9H,5-8H2,1-4H3,(H,13,14). The average molecular weight is 311 g/mol. The Morgan fingerprint density at radius 3 is 2.43 bits per heavy atom. The highest BCUT2D eigenvalue weighted by molar-refractivity contribution is 14.1. The molecule has 3 heteroatoms. The Balaban J connectivity index is 3.71. The topological polar surface area (TPSA) is 29.1 Å². The summed E-state index contributed by atoms with van der Waals surface area (Å²) in [6, 6.07) is 0. The van der Waals surface area contributed by atoms with Gasteiger partial charge in [0.2, 0.25) is 5.91 Å². The minimum absolute atomic E-state index is 0.193. The van der Waals surface area contributed by atoms with Gasteiger partial charge in [-0.05, 0) is 17.8 Å². The number of carbonyl (C=O) groups excluding carboxylic acids is 1. The zero-order valence-electron chi connectivity index (χ0n) is 9.69. The largest absolute Gasteiger partial charge is 0.355 e.